The Labute approximate surface area is 137 Å². The highest BCUT2D eigenvalue weighted by molar-refractivity contribution is 14.1. The van der Waals surface area contributed by atoms with Crippen molar-refractivity contribution < 1.29 is 14.3 Å². The Kier molecular flexibility index (Phi) is 3.20. The van der Waals surface area contributed by atoms with E-state index in [1.54, 1.807) is 4.90 Å². The van der Waals surface area contributed by atoms with Gasteiger partial charge in [-0.3, -0.25) is 4.79 Å². The molecule has 21 heavy (non-hydrogen) atoms. The van der Waals surface area contributed by atoms with Crippen LogP contribution in [0.5, 0.6) is 0 Å². The third-order valence-corrected chi connectivity index (χ3v) is 4.65. The topological polar surface area (TPSA) is 58.6 Å². The SMILES string of the molecule is CC(C)(C)OC(=O)N1CC2(C1)C(=O)Nc1cccc(I)c12. The molecule has 1 aromatic carbocycles. The Balaban J connectivity index is 1.82. The van der Waals surface area contributed by atoms with Crippen molar-refractivity contribution in [3.05, 3.63) is 27.3 Å². The Morgan fingerprint density at radius 1 is 1.38 bits per heavy atom. The van der Waals surface area contributed by atoms with Crippen LogP contribution in [-0.4, -0.2) is 35.6 Å². The van der Waals surface area contributed by atoms with Crippen molar-refractivity contribution in [1.29, 1.82) is 0 Å². The van der Waals surface area contributed by atoms with Gasteiger partial charge in [0.2, 0.25) is 5.91 Å². The minimum absolute atomic E-state index is 0.0265. The van der Waals surface area contributed by atoms with Gasteiger partial charge in [0.25, 0.3) is 0 Å². The van der Waals surface area contributed by atoms with Gasteiger partial charge in [0.15, 0.2) is 0 Å². The summed E-state index contributed by atoms with van der Waals surface area (Å²) in [7, 11) is 0. The van der Waals surface area contributed by atoms with E-state index < -0.39 is 11.0 Å². The van der Waals surface area contributed by atoms with Gasteiger partial charge in [0.1, 0.15) is 11.0 Å². The van der Waals surface area contributed by atoms with E-state index in [1.807, 2.05) is 39.0 Å². The standard InChI is InChI=1S/C15H17IN2O3/c1-14(2,3)21-13(20)18-7-15(8-18)11-9(16)5-4-6-10(11)17-12(15)19/h4-6H,7-8H2,1-3H3,(H,17,19). The number of fused-ring (bicyclic) bond motifs is 2. The van der Waals surface area contributed by atoms with E-state index in [2.05, 4.69) is 27.9 Å². The average molecular weight is 400 g/mol. The number of nitrogens with zero attached hydrogens (tertiary/aromatic N) is 1. The monoisotopic (exact) mass is 400 g/mol. The highest BCUT2D eigenvalue weighted by Gasteiger charge is 2.58. The van der Waals surface area contributed by atoms with Gasteiger partial charge in [-0.1, -0.05) is 6.07 Å². The summed E-state index contributed by atoms with van der Waals surface area (Å²) in [4.78, 5) is 26.0. The van der Waals surface area contributed by atoms with E-state index in [9.17, 15) is 9.59 Å². The van der Waals surface area contributed by atoms with Gasteiger partial charge in [-0.05, 0) is 55.5 Å². The summed E-state index contributed by atoms with van der Waals surface area (Å²) in [6.45, 7) is 6.25. The van der Waals surface area contributed by atoms with Crippen LogP contribution < -0.4 is 5.32 Å². The maximum atomic E-state index is 12.3. The second-order valence-electron chi connectivity index (χ2n) is 6.54. The van der Waals surface area contributed by atoms with Crippen molar-refractivity contribution in [2.45, 2.75) is 31.8 Å². The van der Waals surface area contributed by atoms with Gasteiger partial charge >= 0.3 is 6.09 Å². The zero-order chi connectivity index (χ0) is 15.4. The lowest BCUT2D eigenvalue weighted by Crippen LogP contribution is -2.65. The van der Waals surface area contributed by atoms with Crippen LogP contribution in [0.15, 0.2) is 18.2 Å². The molecule has 1 aromatic rings. The lowest BCUT2D eigenvalue weighted by Gasteiger charge is -2.46. The third-order valence-electron chi connectivity index (χ3n) is 3.75. The fourth-order valence-corrected chi connectivity index (χ4v) is 3.85. The predicted molar refractivity (Wildman–Crippen MR) is 87.3 cm³/mol. The Morgan fingerprint density at radius 3 is 2.67 bits per heavy atom. The van der Waals surface area contributed by atoms with Crippen LogP contribution in [0.4, 0.5) is 10.5 Å². The molecular formula is C15H17IN2O3. The van der Waals surface area contributed by atoms with Crippen LogP contribution in [0.2, 0.25) is 0 Å². The molecule has 2 heterocycles. The van der Waals surface area contributed by atoms with Gasteiger partial charge in [-0.15, -0.1) is 0 Å². The number of amides is 2. The fourth-order valence-electron chi connectivity index (χ4n) is 2.83. The maximum absolute atomic E-state index is 12.3. The first-order valence-corrected chi connectivity index (χ1v) is 7.89. The number of nitrogens with one attached hydrogen (secondary N) is 1. The second kappa shape index (κ2) is 4.59. The van der Waals surface area contributed by atoms with E-state index in [4.69, 9.17) is 4.74 Å². The zero-order valence-corrected chi connectivity index (χ0v) is 14.4. The first kappa shape index (κ1) is 14.6. The van der Waals surface area contributed by atoms with Gasteiger partial charge in [-0.2, -0.15) is 0 Å². The molecule has 0 aliphatic carbocycles. The molecule has 0 saturated carbocycles. The van der Waals surface area contributed by atoms with Gasteiger partial charge < -0.3 is 15.0 Å². The third kappa shape index (κ3) is 2.29. The van der Waals surface area contributed by atoms with E-state index in [-0.39, 0.29) is 12.0 Å². The molecule has 1 fully saturated rings. The van der Waals surface area contributed by atoms with Gasteiger partial charge in [0, 0.05) is 27.9 Å². The van der Waals surface area contributed by atoms with Gasteiger partial charge in [0.05, 0.1) is 0 Å². The number of carbonyl (C=O) groups excluding carboxylic acids is 2. The van der Waals surface area contributed by atoms with Crippen molar-refractivity contribution in [3.8, 4) is 0 Å². The average Bonchev–Trinajstić information content (AvgIpc) is 2.58. The second-order valence-corrected chi connectivity index (χ2v) is 7.70. The Bertz CT molecular complexity index is 630. The molecule has 0 atom stereocenters. The van der Waals surface area contributed by atoms with Crippen molar-refractivity contribution >= 4 is 40.3 Å². The lowest BCUT2D eigenvalue weighted by atomic mass is 9.75. The number of hydrogen-bond donors (Lipinski definition) is 1. The van der Waals surface area contributed by atoms with E-state index in [0.29, 0.717) is 13.1 Å². The van der Waals surface area contributed by atoms with Crippen LogP contribution in [-0.2, 0) is 14.9 Å². The number of halogens is 1. The molecule has 2 aliphatic rings. The quantitative estimate of drug-likeness (QED) is 0.682. The molecule has 0 radical (unpaired) electrons. The highest BCUT2D eigenvalue weighted by atomic mass is 127. The zero-order valence-electron chi connectivity index (χ0n) is 12.2. The largest absolute Gasteiger partial charge is 0.444 e. The van der Waals surface area contributed by atoms with Crippen molar-refractivity contribution in [2.24, 2.45) is 0 Å². The molecule has 1 N–H and O–H groups in total. The number of ether oxygens (including phenoxy) is 1. The molecule has 0 unspecified atom stereocenters. The minimum atomic E-state index is -0.607. The number of benzene rings is 1. The number of hydrogen-bond acceptors (Lipinski definition) is 3. The molecule has 1 spiro atoms. The maximum Gasteiger partial charge on any atom is 0.410 e. The molecule has 0 bridgehead atoms. The van der Waals surface area contributed by atoms with Crippen molar-refractivity contribution in [3.63, 3.8) is 0 Å². The normalized spacial score (nSPS) is 19.0. The van der Waals surface area contributed by atoms with E-state index >= 15 is 0 Å². The van der Waals surface area contributed by atoms with Gasteiger partial charge in [-0.25, -0.2) is 4.79 Å². The molecular weight excluding hydrogens is 383 g/mol. The number of anilines is 1. The molecule has 6 heteroatoms. The first-order chi connectivity index (χ1) is 9.73. The smallest absolute Gasteiger partial charge is 0.410 e. The van der Waals surface area contributed by atoms with Crippen LogP contribution in [0.25, 0.3) is 0 Å². The lowest BCUT2D eigenvalue weighted by molar-refractivity contribution is -0.126. The number of likely N-dealkylation sites (tertiary alicyclic amines) is 1. The number of carbonyl (C=O) groups is 2. The van der Waals surface area contributed by atoms with Crippen LogP contribution in [0.3, 0.4) is 0 Å². The molecule has 2 aliphatic heterocycles. The summed E-state index contributed by atoms with van der Waals surface area (Å²) < 4.78 is 6.40. The van der Waals surface area contributed by atoms with Crippen LogP contribution in [0.1, 0.15) is 26.3 Å². The molecule has 0 aromatic heterocycles. The summed E-state index contributed by atoms with van der Waals surface area (Å²) in [5, 5.41) is 2.92. The Hall–Kier alpha value is -1.31. The van der Waals surface area contributed by atoms with E-state index in [0.717, 1.165) is 14.8 Å². The highest BCUT2D eigenvalue weighted by Crippen LogP contribution is 2.46. The predicted octanol–water partition coefficient (Wildman–Crippen LogP) is 2.73. The first-order valence-electron chi connectivity index (χ1n) is 6.81. The molecule has 1 saturated heterocycles. The molecule has 5 nitrogen and oxygen atoms in total. The fraction of sp³-hybridized carbons (Fsp3) is 0.467. The van der Waals surface area contributed by atoms with Crippen LogP contribution >= 0.6 is 22.6 Å². The summed E-state index contributed by atoms with van der Waals surface area (Å²) in [6, 6.07) is 5.81. The van der Waals surface area contributed by atoms with E-state index in [1.165, 1.54) is 0 Å². The van der Waals surface area contributed by atoms with Crippen molar-refractivity contribution in [1.82, 2.24) is 4.90 Å². The molecule has 3 rings (SSSR count). The number of rotatable bonds is 0. The summed E-state index contributed by atoms with van der Waals surface area (Å²) >= 11 is 2.24. The Morgan fingerprint density at radius 2 is 2.05 bits per heavy atom. The van der Waals surface area contributed by atoms with Crippen molar-refractivity contribution in [2.75, 3.05) is 18.4 Å². The molecule has 112 valence electrons. The summed E-state index contributed by atoms with van der Waals surface area (Å²) in [6.07, 6.45) is -0.361. The minimum Gasteiger partial charge on any atom is -0.444 e. The molecule has 2 amide bonds. The summed E-state index contributed by atoms with van der Waals surface area (Å²) in [5.74, 6) is -0.0265. The summed E-state index contributed by atoms with van der Waals surface area (Å²) in [5.41, 5.74) is 0.736. The van der Waals surface area contributed by atoms with Crippen LogP contribution in [0, 0.1) is 3.57 Å².